The maximum absolute atomic E-state index is 8.12. The molecule has 0 saturated carbocycles. The molecule has 6 aromatic rings. The van der Waals surface area contributed by atoms with Gasteiger partial charge in [0, 0.05) is 0 Å². The van der Waals surface area contributed by atoms with E-state index in [0.29, 0.717) is 0 Å². The van der Waals surface area contributed by atoms with Gasteiger partial charge in [0.2, 0.25) is 0 Å². The van der Waals surface area contributed by atoms with E-state index in [1.165, 1.54) is 33.4 Å². The molecule has 0 aliphatic carbocycles. The van der Waals surface area contributed by atoms with Gasteiger partial charge in [0.15, 0.2) is 0 Å². The van der Waals surface area contributed by atoms with Crippen molar-refractivity contribution in [3.05, 3.63) is 182 Å². The number of benzene rings is 6. The predicted octanol–water partition coefficient (Wildman–Crippen LogP) is 6.30. The zero-order valence-electron chi connectivity index (χ0n) is 29.8. The van der Waals surface area contributed by atoms with Crippen LogP contribution in [-0.4, -0.2) is 28.7 Å². The van der Waals surface area contributed by atoms with Crippen LogP contribution in [0.3, 0.4) is 0 Å². The van der Waals surface area contributed by atoms with Crippen LogP contribution < -0.4 is 42.0 Å². The van der Waals surface area contributed by atoms with Gasteiger partial charge in [0.05, 0.1) is 0 Å². The van der Waals surface area contributed by atoms with Crippen molar-refractivity contribution >= 4 is 12.3 Å². The summed E-state index contributed by atoms with van der Waals surface area (Å²) in [4.78, 5) is 32.5. The molecule has 0 heterocycles. The Morgan fingerprint density at radius 2 is 0.333 bits per heavy atom. The summed E-state index contributed by atoms with van der Waals surface area (Å²) < 4.78 is 0. The SMILES string of the molecule is C.C.C.C.C.C.CC.CC.O.O.O.O=C=O.O=C=O.[Cl-].[Na+].c1ccc(-c2ccccc2)cc1.c1ccc(-c2ccccc2)cc1.c1ccc(-c2ccccc2)cc1. The fraction of sp³-hybridized carbons (Fsp3) is 0.208. The van der Waals surface area contributed by atoms with Crippen LogP contribution in [0.2, 0.25) is 0 Å². The molecular weight excluding hydrogens is 747 g/mol. The van der Waals surface area contributed by atoms with Crippen LogP contribution in [0.1, 0.15) is 72.3 Å². The van der Waals surface area contributed by atoms with Crippen LogP contribution in [0.25, 0.3) is 33.4 Å². The minimum atomic E-state index is 0. The van der Waals surface area contributed by atoms with Gasteiger partial charge in [-0.05, 0) is 33.4 Å². The third-order valence-corrected chi connectivity index (χ3v) is 5.64. The van der Waals surface area contributed by atoms with Crippen molar-refractivity contribution in [2.24, 2.45) is 0 Å². The Bertz CT molecular complexity index is 1280. The number of rotatable bonds is 3. The molecule has 0 radical (unpaired) electrons. The molecule has 0 fully saturated rings. The summed E-state index contributed by atoms with van der Waals surface area (Å²) in [6.45, 7) is 8.00. The van der Waals surface area contributed by atoms with E-state index in [2.05, 4.69) is 146 Å². The molecule has 0 atom stereocenters. The third-order valence-electron chi connectivity index (χ3n) is 5.64. The van der Waals surface area contributed by atoms with Crippen LogP contribution in [0, 0.1) is 0 Å². The van der Waals surface area contributed by atoms with Gasteiger partial charge in [0.1, 0.15) is 0 Å². The maximum atomic E-state index is 8.12. The summed E-state index contributed by atoms with van der Waals surface area (Å²) in [5.41, 5.74) is 7.66. The van der Waals surface area contributed by atoms with Crippen LogP contribution in [0.15, 0.2) is 182 Å². The normalized spacial score (nSPS) is 6.60. The average molecular weight is 820 g/mol. The summed E-state index contributed by atoms with van der Waals surface area (Å²) in [7, 11) is 0. The van der Waals surface area contributed by atoms with Crippen LogP contribution in [-0.2, 0) is 19.2 Å². The molecule has 0 amide bonds. The van der Waals surface area contributed by atoms with Crippen LogP contribution in [0.5, 0.6) is 0 Å². The minimum Gasteiger partial charge on any atom is -1.00 e. The molecule has 0 spiro atoms. The van der Waals surface area contributed by atoms with Gasteiger partial charge in [-0.1, -0.05) is 254 Å². The van der Waals surface area contributed by atoms with Gasteiger partial charge in [-0.2, -0.15) is 19.2 Å². The van der Waals surface area contributed by atoms with E-state index in [0.717, 1.165) is 0 Å². The van der Waals surface area contributed by atoms with Gasteiger partial charge >= 0.3 is 41.9 Å². The van der Waals surface area contributed by atoms with Gasteiger partial charge < -0.3 is 28.8 Å². The van der Waals surface area contributed by atoms with Crippen molar-refractivity contribution < 1.29 is 77.6 Å². The smallest absolute Gasteiger partial charge is 1.00 e. The van der Waals surface area contributed by atoms with Crippen molar-refractivity contribution in [2.45, 2.75) is 72.3 Å². The first kappa shape index (κ1) is 84.7. The minimum absolute atomic E-state index is 0. The number of hydrogen-bond donors (Lipinski definition) is 0. The third kappa shape index (κ3) is 40.7. The Kier molecular flexibility index (Phi) is 93.9. The fourth-order valence-corrected chi connectivity index (χ4v) is 3.78. The molecule has 57 heavy (non-hydrogen) atoms. The van der Waals surface area contributed by atoms with Gasteiger partial charge in [0.25, 0.3) is 0 Å². The Morgan fingerprint density at radius 1 is 0.263 bits per heavy atom. The molecule has 6 N–H and O–H groups in total. The van der Waals surface area contributed by atoms with E-state index in [-0.39, 0.29) is 115 Å². The Balaban J connectivity index is -0.0000000440. The van der Waals surface area contributed by atoms with Gasteiger partial charge in [-0.15, -0.1) is 0 Å². The van der Waals surface area contributed by atoms with E-state index in [4.69, 9.17) is 19.2 Å². The van der Waals surface area contributed by atoms with E-state index in [1.54, 1.807) is 0 Å². The molecule has 6 aromatic carbocycles. The largest absolute Gasteiger partial charge is 1.00 e. The van der Waals surface area contributed by atoms with Gasteiger partial charge in [-0.3, -0.25) is 0 Å². The van der Waals surface area contributed by atoms with Crippen molar-refractivity contribution in [3.8, 4) is 33.4 Å². The quantitative estimate of drug-likeness (QED) is 0.192. The van der Waals surface area contributed by atoms with Crippen molar-refractivity contribution in [2.75, 3.05) is 0 Å². The molecule has 0 unspecified atom stereocenters. The topological polar surface area (TPSA) is 163 Å². The Labute approximate surface area is 375 Å². The standard InChI is InChI=1S/3C12H10.2C2H6.2CO2.6CH4.ClH.Na.3H2O/c3*1-3-7-11(8-4-1)12-9-5-2-6-10-12;2*1-2;2*2-1-3;;;;;;;;;;;/h3*1-10H;2*1-2H3;;;6*1H4;1H;;3*1H2/q;;;;;;;;;;;;;;+1;;;/p-1. The molecule has 0 bridgehead atoms. The van der Waals surface area contributed by atoms with Crippen LogP contribution >= 0.6 is 0 Å². The zero-order chi connectivity index (χ0) is 34.1. The predicted molar refractivity (Wildman–Crippen MR) is 240 cm³/mol. The molecule has 0 aliphatic rings. The summed E-state index contributed by atoms with van der Waals surface area (Å²) in [6.07, 6.45) is 0.500. The van der Waals surface area contributed by atoms with Gasteiger partial charge in [-0.25, -0.2) is 0 Å². The average Bonchev–Trinajstić information content (AvgIpc) is 3.17. The second-order valence-corrected chi connectivity index (χ2v) is 8.36. The molecule has 7 nitrogen and oxygen atoms in total. The zero-order valence-corrected chi connectivity index (χ0v) is 32.6. The van der Waals surface area contributed by atoms with Crippen molar-refractivity contribution in [3.63, 3.8) is 0 Å². The van der Waals surface area contributed by atoms with E-state index in [1.807, 2.05) is 64.1 Å². The number of halogens is 1. The molecule has 6 rings (SSSR count). The molecule has 0 aromatic heterocycles. The van der Waals surface area contributed by atoms with Crippen molar-refractivity contribution in [1.82, 2.24) is 0 Å². The van der Waals surface area contributed by atoms with Crippen molar-refractivity contribution in [1.29, 1.82) is 0 Å². The van der Waals surface area contributed by atoms with E-state index in [9.17, 15) is 0 Å². The summed E-state index contributed by atoms with van der Waals surface area (Å²) in [6, 6.07) is 62.3. The number of hydrogen-bond acceptors (Lipinski definition) is 4. The second-order valence-electron chi connectivity index (χ2n) is 8.36. The Morgan fingerprint density at radius 3 is 0.404 bits per heavy atom. The first-order chi connectivity index (χ1) is 22.7. The molecule has 0 aliphatic heterocycles. The van der Waals surface area contributed by atoms with E-state index < -0.39 is 0 Å². The fourth-order valence-electron chi connectivity index (χ4n) is 3.78. The summed E-state index contributed by atoms with van der Waals surface area (Å²) in [5.74, 6) is 0. The van der Waals surface area contributed by atoms with Crippen LogP contribution in [0.4, 0.5) is 0 Å². The molecule has 314 valence electrons. The summed E-state index contributed by atoms with van der Waals surface area (Å²) >= 11 is 0. The number of carbonyl (C=O) groups excluding carboxylic acids is 4. The second kappa shape index (κ2) is 63.2. The maximum Gasteiger partial charge on any atom is 1.00 e. The first-order valence-corrected chi connectivity index (χ1v) is 15.0. The Hall–Kier alpha value is -4.75. The molecule has 0 saturated heterocycles. The van der Waals surface area contributed by atoms with E-state index >= 15 is 0 Å². The molecule has 9 heteroatoms. The first-order valence-electron chi connectivity index (χ1n) is 15.0. The molecular formula is C48H72ClNaO7. The summed E-state index contributed by atoms with van der Waals surface area (Å²) in [5, 5.41) is 0. The monoisotopic (exact) mass is 818 g/mol.